The van der Waals surface area contributed by atoms with Crippen molar-refractivity contribution < 1.29 is 60.5 Å². The van der Waals surface area contributed by atoms with Gasteiger partial charge >= 0.3 is 0 Å². The SMILES string of the molecule is OC[C@H]1O[C@](O)([C@@]2(O)Cc3c(O)cc(O)cc3OC2c2ccc(O)c(O)c2)[C@H](O)[C@@H](O)[C@@H]1O. The predicted molar refractivity (Wildman–Crippen MR) is 106 cm³/mol. The van der Waals surface area contributed by atoms with Crippen LogP contribution in [0, 0.1) is 0 Å². The monoisotopic (exact) mass is 468 g/mol. The molecule has 0 bridgehead atoms. The maximum Gasteiger partial charge on any atom is 0.229 e. The highest BCUT2D eigenvalue weighted by atomic mass is 16.7. The van der Waals surface area contributed by atoms with Crippen LogP contribution in [0.5, 0.6) is 28.7 Å². The lowest BCUT2D eigenvalue weighted by Crippen LogP contribution is -2.76. The Balaban J connectivity index is 1.91. The third-order valence-corrected chi connectivity index (χ3v) is 6.18. The van der Waals surface area contributed by atoms with Gasteiger partial charge in [-0.15, -0.1) is 0 Å². The van der Waals surface area contributed by atoms with E-state index in [9.17, 15) is 51.1 Å². The lowest BCUT2D eigenvalue weighted by molar-refractivity contribution is -0.412. The minimum atomic E-state index is -3.08. The minimum Gasteiger partial charge on any atom is -0.508 e. The number of rotatable bonds is 3. The van der Waals surface area contributed by atoms with Crippen molar-refractivity contribution >= 4 is 0 Å². The van der Waals surface area contributed by atoms with Crippen molar-refractivity contribution in [2.24, 2.45) is 0 Å². The summed E-state index contributed by atoms with van der Waals surface area (Å²) >= 11 is 0. The molecule has 10 N–H and O–H groups in total. The van der Waals surface area contributed by atoms with Crippen LogP contribution in [0.2, 0.25) is 0 Å². The molecule has 0 spiro atoms. The fourth-order valence-corrected chi connectivity index (χ4v) is 4.36. The van der Waals surface area contributed by atoms with E-state index in [4.69, 9.17) is 9.47 Å². The summed E-state index contributed by atoms with van der Waals surface area (Å²) < 4.78 is 11.1. The molecule has 33 heavy (non-hydrogen) atoms. The number of aliphatic hydroxyl groups is 6. The molecular weight excluding hydrogens is 444 g/mol. The second kappa shape index (κ2) is 7.88. The van der Waals surface area contributed by atoms with Crippen molar-refractivity contribution in [1.29, 1.82) is 0 Å². The molecule has 180 valence electrons. The van der Waals surface area contributed by atoms with Crippen LogP contribution < -0.4 is 4.74 Å². The van der Waals surface area contributed by atoms with E-state index in [0.717, 1.165) is 24.3 Å². The Morgan fingerprint density at radius 3 is 2.21 bits per heavy atom. The van der Waals surface area contributed by atoms with Gasteiger partial charge in [-0.05, 0) is 17.7 Å². The van der Waals surface area contributed by atoms with Crippen LogP contribution in [0.1, 0.15) is 17.2 Å². The zero-order valence-corrected chi connectivity index (χ0v) is 17.0. The Kier molecular flexibility index (Phi) is 5.57. The number of fused-ring (bicyclic) bond motifs is 1. The van der Waals surface area contributed by atoms with Crippen molar-refractivity contribution in [3.05, 3.63) is 41.5 Å². The second-order valence-electron chi connectivity index (χ2n) is 8.25. The largest absolute Gasteiger partial charge is 0.508 e. The Labute approximate surface area is 186 Å². The molecule has 1 fully saturated rings. The molecular formula is C21H24O12. The van der Waals surface area contributed by atoms with Crippen LogP contribution >= 0.6 is 0 Å². The van der Waals surface area contributed by atoms with Gasteiger partial charge < -0.3 is 60.5 Å². The van der Waals surface area contributed by atoms with Gasteiger partial charge in [0.15, 0.2) is 23.2 Å². The van der Waals surface area contributed by atoms with Crippen LogP contribution in [0.3, 0.4) is 0 Å². The van der Waals surface area contributed by atoms with E-state index in [2.05, 4.69) is 0 Å². The number of hydrogen-bond donors (Lipinski definition) is 10. The molecule has 0 aromatic heterocycles. The minimum absolute atomic E-state index is 0.0355. The van der Waals surface area contributed by atoms with E-state index < -0.39 is 72.2 Å². The first kappa shape index (κ1) is 23.3. The molecule has 2 heterocycles. The fourth-order valence-electron chi connectivity index (χ4n) is 4.36. The molecule has 2 aromatic rings. The number of benzene rings is 2. The molecule has 2 aromatic carbocycles. The third-order valence-electron chi connectivity index (χ3n) is 6.18. The van der Waals surface area contributed by atoms with E-state index in [0.29, 0.717) is 0 Å². The van der Waals surface area contributed by atoms with Gasteiger partial charge in [0, 0.05) is 24.1 Å². The van der Waals surface area contributed by atoms with Crippen LogP contribution in [0.15, 0.2) is 30.3 Å². The van der Waals surface area contributed by atoms with Crippen molar-refractivity contribution in [2.75, 3.05) is 6.61 Å². The quantitative estimate of drug-likeness (QED) is 0.223. The van der Waals surface area contributed by atoms with Gasteiger partial charge in [-0.3, -0.25) is 0 Å². The predicted octanol–water partition coefficient (Wildman–Crippen LogP) is -1.92. The van der Waals surface area contributed by atoms with Gasteiger partial charge in [0.05, 0.1) is 6.61 Å². The molecule has 12 heteroatoms. The lowest BCUT2D eigenvalue weighted by atomic mass is 9.71. The molecule has 1 unspecified atom stereocenters. The number of phenols is 4. The Morgan fingerprint density at radius 2 is 1.58 bits per heavy atom. The van der Waals surface area contributed by atoms with Gasteiger partial charge in [0.25, 0.3) is 0 Å². The molecule has 12 nitrogen and oxygen atoms in total. The van der Waals surface area contributed by atoms with Crippen LogP contribution in [-0.2, 0) is 11.2 Å². The molecule has 1 saturated heterocycles. The summed E-state index contributed by atoms with van der Waals surface area (Å²) in [6.07, 6.45) is -10.2. The highest BCUT2D eigenvalue weighted by molar-refractivity contribution is 5.53. The molecule has 0 radical (unpaired) electrons. The number of ether oxygens (including phenoxy) is 2. The van der Waals surface area contributed by atoms with Gasteiger partial charge in [-0.1, -0.05) is 6.07 Å². The summed E-state index contributed by atoms with van der Waals surface area (Å²) in [5.41, 5.74) is -2.85. The highest BCUT2D eigenvalue weighted by Gasteiger charge is 2.68. The van der Waals surface area contributed by atoms with E-state index >= 15 is 0 Å². The van der Waals surface area contributed by atoms with Gasteiger partial charge in [0.2, 0.25) is 5.79 Å². The van der Waals surface area contributed by atoms with Gasteiger partial charge in [-0.25, -0.2) is 0 Å². The molecule has 0 saturated carbocycles. The van der Waals surface area contributed by atoms with Crippen molar-refractivity contribution in [1.82, 2.24) is 0 Å². The average Bonchev–Trinajstić information content (AvgIpc) is 2.77. The first-order chi connectivity index (χ1) is 15.4. The summed E-state index contributed by atoms with van der Waals surface area (Å²) in [4.78, 5) is 0. The number of phenolic OH excluding ortho intramolecular Hbond substituents is 4. The summed E-state index contributed by atoms with van der Waals surface area (Å²) in [5.74, 6) is -5.20. The van der Waals surface area contributed by atoms with Crippen molar-refractivity contribution in [3.63, 3.8) is 0 Å². The van der Waals surface area contributed by atoms with Crippen molar-refractivity contribution in [3.8, 4) is 28.7 Å². The maximum absolute atomic E-state index is 11.8. The topological polar surface area (TPSA) is 221 Å². The van der Waals surface area contributed by atoms with E-state index in [1.165, 1.54) is 6.07 Å². The summed E-state index contributed by atoms with van der Waals surface area (Å²) in [7, 11) is 0. The first-order valence-corrected chi connectivity index (χ1v) is 9.94. The number of aromatic hydroxyl groups is 4. The zero-order chi connectivity index (χ0) is 24.3. The number of hydrogen-bond acceptors (Lipinski definition) is 12. The molecule has 7 atom stereocenters. The number of aliphatic hydroxyl groups excluding tert-OH is 4. The van der Waals surface area contributed by atoms with E-state index in [1.54, 1.807) is 0 Å². The second-order valence-corrected chi connectivity index (χ2v) is 8.25. The highest BCUT2D eigenvalue weighted by Crippen LogP contribution is 2.53. The lowest BCUT2D eigenvalue weighted by Gasteiger charge is -2.55. The smallest absolute Gasteiger partial charge is 0.229 e. The van der Waals surface area contributed by atoms with E-state index in [1.807, 2.05) is 0 Å². The fraction of sp³-hybridized carbons (Fsp3) is 0.429. The Morgan fingerprint density at radius 1 is 0.879 bits per heavy atom. The Bertz CT molecular complexity index is 1060. The molecule has 2 aliphatic heterocycles. The standard InChI is InChI=1S/C21H24O12/c22-7-15-16(27)17(28)18(29)21(31,33-15)20(30)6-10-12(25)4-9(23)5-14(10)32-19(20)8-1-2-11(24)13(26)3-8/h1-5,15-19,22-31H,6-7H2/t15-,16-,17+,18-,19?,20-,21+/m1/s1. The molecule has 0 aliphatic carbocycles. The van der Waals surface area contributed by atoms with Gasteiger partial charge in [-0.2, -0.15) is 0 Å². The van der Waals surface area contributed by atoms with Crippen molar-refractivity contribution in [2.45, 2.75) is 48.3 Å². The van der Waals surface area contributed by atoms with Crippen LogP contribution in [0.4, 0.5) is 0 Å². The molecule has 0 amide bonds. The molecule has 2 aliphatic rings. The van der Waals surface area contributed by atoms with Crippen LogP contribution in [0.25, 0.3) is 0 Å². The summed E-state index contributed by atoms with van der Waals surface area (Å²) in [6, 6.07) is 5.38. The van der Waals surface area contributed by atoms with Crippen LogP contribution in [-0.4, -0.2) is 93.5 Å². The Hall–Kier alpha value is -2.84. The maximum atomic E-state index is 11.8. The van der Waals surface area contributed by atoms with Gasteiger partial charge in [0.1, 0.15) is 41.7 Å². The average molecular weight is 468 g/mol. The molecule has 4 rings (SSSR count). The summed E-state index contributed by atoms with van der Waals surface area (Å²) in [6.45, 7) is -0.898. The normalized spacial score (nSPS) is 36.1. The third kappa shape index (κ3) is 3.43. The zero-order valence-electron chi connectivity index (χ0n) is 17.0. The first-order valence-electron chi connectivity index (χ1n) is 9.94. The van der Waals surface area contributed by atoms with E-state index in [-0.39, 0.29) is 22.6 Å². The summed E-state index contributed by atoms with van der Waals surface area (Å²) in [5, 5.41) is 103.